The van der Waals surface area contributed by atoms with Gasteiger partial charge in [-0.15, -0.1) is 0 Å². The zero-order valence-electron chi connectivity index (χ0n) is 11.2. The van der Waals surface area contributed by atoms with E-state index >= 15 is 0 Å². The lowest BCUT2D eigenvalue weighted by Crippen LogP contribution is -2.01. The highest BCUT2D eigenvalue weighted by molar-refractivity contribution is 7.71. The molecular weight excluding hydrogens is 289 g/mol. The van der Waals surface area contributed by atoms with E-state index in [0.717, 1.165) is 0 Å². The van der Waals surface area contributed by atoms with Crippen LogP contribution in [-0.4, -0.2) is 19.9 Å². The van der Waals surface area contributed by atoms with Crippen LogP contribution >= 0.6 is 12.2 Å². The predicted molar refractivity (Wildman–Crippen MR) is 80.5 cm³/mol. The third-order valence-electron chi connectivity index (χ3n) is 3.30. The number of para-hydroxylation sites is 1. The van der Waals surface area contributed by atoms with Gasteiger partial charge in [-0.1, -0.05) is 18.2 Å². The highest BCUT2D eigenvalue weighted by Gasteiger charge is 2.16. The standard InChI is InChI=1S/C15H12FN3OS/c1-9-11(16)6-4-7-12(9)19-14(17-18-15(19)21)10-5-2-3-8-13(10)20/h2-8,20H,1H3,(H,18,21). The first-order chi connectivity index (χ1) is 10.1. The van der Waals surface area contributed by atoms with Crippen LogP contribution in [0.25, 0.3) is 17.1 Å². The number of halogens is 1. The Hall–Kier alpha value is -2.47. The van der Waals surface area contributed by atoms with Crippen molar-refractivity contribution >= 4 is 12.2 Å². The van der Waals surface area contributed by atoms with Crippen molar-refractivity contribution < 1.29 is 9.50 Å². The molecule has 0 saturated heterocycles. The molecule has 0 bridgehead atoms. The normalized spacial score (nSPS) is 10.8. The molecule has 1 heterocycles. The molecule has 0 saturated carbocycles. The fourth-order valence-electron chi connectivity index (χ4n) is 2.20. The molecule has 0 amide bonds. The van der Waals surface area contributed by atoms with Crippen molar-refractivity contribution in [3.63, 3.8) is 0 Å². The number of phenols is 1. The average Bonchev–Trinajstić information content (AvgIpc) is 2.84. The second kappa shape index (κ2) is 5.14. The number of H-pyrrole nitrogens is 1. The molecule has 3 rings (SSSR count). The average molecular weight is 301 g/mol. The zero-order chi connectivity index (χ0) is 15.0. The lowest BCUT2D eigenvalue weighted by Gasteiger charge is -2.11. The second-order valence-corrected chi connectivity index (χ2v) is 4.98. The Morgan fingerprint density at radius 1 is 1.19 bits per heavy atom. The Labute approximate surface area is 125 Å². The summed E-state index contributed by atoms with van der Waals surface area (Å²) in [7, 11) is 0. The number of nitrogens with one attached hydrogen (secondary N) is 1. The minimum atomic E-state index is -0.321. The molecule has 0 aliphatic heterocycles. The molecule has 0 fully saturated rings. The zero-order valence-corrected chi connectivity index (χ0v) is 12.0. The summed E-state index contributed by atoms with van der Waals surface area (Å²) in [6.07, 6.45) is 0. The van der Waals surface area contributed by atoms with Crippen LogP contribution in [-0.2, 0) is 0 Å². The second-order valence-electron chi connectivity index (χ2n) is 4.59. The molecule has 3 aromatic rings. The van der Waals surface area contributed by atoms with E-state index < -0.39 is 0 Å². The van der Waals surface area contributed by atoms with E-state index in [9.17, 15) is 9.50 Å². The summed E-state index contributed by atoms with van der Waals surface area (Å²) in [5.41, 5.74) is 1.58. The monoisotopic (exact) mass is 301 g/mol. The van der Waals surface area contributed by atoms with Crippen molar-refractivity contribution in [2.45, 2.75) is 6.92 Å². The van der Waals surface area contributed by atoms with Gasteiger partial charge in [-0.05, 0) is 43.4 Å². The summed E-state index contributed by atoms with van der Waals surface area (Å²) in [5.74, 6) is 0.201. The summed E-state index contributed by atoms with van der Waals surface area (Å²) in [4.78, 5) is 0. The minimum absolute atomic E-state index is 0.0850. The summed E-state index contributed by atoms with van der Waals surface area (Å²) in [6, 6.07) is 11.6. The topological polar surface area (TPSA) is 53.8 Å². The van der Waals surface area contributed by atoms with Crippen molar-refractivity contribution in [2.24, 2.45) is 0 Å². The van der Waals surface area contributed by atoms with Gasteiger partial charge < -0.3 is 5.11 Å². The van der Waals surface area contributed by atoms with Gasteiger partial charge in [-0.2, -0.15) is 5.10 Å². The highest BCUT2D eigenvalue weighted by atomic mass is 32.1. The van der Waals surface area contributed by atoms with Crippen molar-refractivity contribution in [3.05, 3.63) is 58.6 Å². The third-order valence-corrected chi connectivity index (χ3v) is 3.57. The molecule has 0 unspecified atom stereocenters. The molecule has 6 heteroatoms. The quantitative estimate of drug-likeness (QED) is 0.709. The minimum Gasteiger partial charge on any atom is -0.507 e. The van der Waals surface area contributed by atoms with Gasteiger partial charge in [0, 0.05) is 5.56 Å². The molecule has 0 radical (unpaired) electrons. The summed E-state index contributed by atoms with van der Waals surface area (Å²) in [6.45, 7) is 1.67. The van der Waals surface area contributed by atoms with Gasteiger partial charge in [0.25, 0.3) is 0 Å². The molecule has 106 valence electrons. The first-order valence-corrected chi connectivity index (χ1v) is 6.71. The Morgan fingerprint density at radius 3 is 2.71 bits per heavy atom. The van der Waals surface area contributed by atoms with E-state index in [-0.39, 0.29) is 11.6 Å². The first-order valence-electron chi connectivity index (χ1n) is 6.31. The van der Waals surface area contributed by atoms with E-state index in [2.05, 4.69) is 10.2 Å². The highest BCUT2D eigenvalue weighted by Crippen LogP contribution is 2.30. The molecular formula is C15H12FN3OS. The number of hydrogen-bond donors (Lipinski definition) is 2. The van der Waals surface area contributed by atoms with E-state index in [1.165, 1.54) is 6.07 Å². The van der Waals surface area contributed by atoms with Crippen molar-refractivity contribution in [3.8, 4) is 22.8 Å². The van der Waals surface area contributed by atoms with E-state index in [4.69, 9.17) is 12.2 Å². The Morgan fingerprint density at radius 2 is 1.95 bits per heavy atom. The van der Waals surface area contributed by atoms with Crippen molar-refractivity contribution in [1.29, 1.82) is 0 Å². The van der Waals surface area contributed by atoms with Gasteiger partial charge in [-0.25, -0.2) is 4.39 Å². The number of aromatic hydroxyl groups is 1. The molecule has 2 aromatic carbocycles. The Balaban J connectivity index is 2.31. The fourth-order valence-corrected chi connectivity index (χ4v) is 2.43. The van der Waals surface area contributed by atoms with Gasteiger partial charge in [0.1, 0.15) is 11.6 Å². The number of hydrogen-bond acceptors (Lipinski definition) is 3. The molecule has 0 spiro atoms. The van der Waals surface area contributed by atoms with Crippen LogP contribution in [0.15, 0.2) is 42.5 Å². The molecule has 0 aliphatic rings. The van der Waals surface area contributed by atoms with Crippen LogP contribution < -0.4 is 0 Å². The van der Waals surface area contributed by atoms with E-state index in [1.807, 2.05) is 0 Å². The van der Waals surface area contributed by atoms with E-state index in [0.29, 0.717) is 27.4 Å². The van der Waals surface area contributed by atoms with Crippen LogP contribution in [0.2, 0.25) is 0 Å². The third kappa shape index (κ3) is 2.23. The number of phenolic OH excluding ortho intramolecular Hbond substituents is 1. The summed E-state index contributed by atoms with van der Waals surface area (Å²) >= 11 is 5.24. The maximum Gasteiger partial charge on any atom is 0.200 e. The van der Waals surface area contributed by atoms with E-state index in [1.54, 1.807) is 47.9 Å². The van der Waals surface area contributed by atoms with Gasteiger partial charge in [0.05, 0.1) is 11.3 Å². The lowest BCUT2D eigenvalue weighted by atomic mass is 10.1. The number of aromatic amines is 1. The number of benzene rings is 2. The summed E-state index contributed by atoms with van der Waals surface area (Å²) in [5, 5.41) is 16.8. The lowest BCUT2D eigenvalue weighted by molar-refractivity contribution is 0.476. The van der Waals surface area contributed by atoms with Crippen LogP contribution in [0.3, 0.4) is 0 Å². The number of aromatic nitrogens is 3. The maximum absolute atomic E-state index is 13.8. The smallest absolute Gasteiger partial charge is 0.200 e. The van der Waals surface area contributed by atoms with Crippen LogP contribution in [0.4, 0.5) is 4.39 Å². The van der Waals surface area contributed by atoms with Gasteiger partial charge in [0.15, 0.2) is 10.6 Å². The molecule has 21 heavy (non-hydrogen) atoms. The SMILES string of the molecule is Cc1c(F)cccc1-n1c(-c2ccccc2O)n[nH]c1=S. The van der Waals surface area contributed by atoms with Crippen LogP contribution in [0, 0.1) is 17.5 Å². The Kier molecular flexibility index (Phi) is 3.31. The predicted octanol–water partition coefficient (Wildman–Crippen LogP) is 3.75. The first kappa shape index (κ1) is 13.5. The van der Waals surface area contributed by atoms with Gasteiger partial charge >= 0.3 is 0 Å². The Bertz CT molecular complexity index is 869. The van der Waals surface area contributed by atoms with Crippen molar-refractivity contribution in [2.75, 3.05) is 0 Å². The molecule has 0 aliphatic carbocycles. The van der Waals surface area contributed by atoms with Crippen molar-refractivity contribution in [1.82, 2.24) is 14.8 Å². The molecule has 0 atom stereocenters. The summed E-state index contributed by atoms with van der Waals surface area (Å²) < 4.78 is 15.7. The van der Waals surface area contributed by atoms with Gasteiger partial charge in [0.2, 0.25) is 0 Å². The molecule has 4 nitrogen and oxygen atoms in total. The fraction of sp³-hybridized carbons (Fsp3) is 0.0667. The largest absolute Gasteiger partial charge is 0.507 e. The number of nitrogens with zero attached hydrogens (tertiary/aromatic N) is 2. The molecule has 1 aromatic heterocycles. The van der Waals surface area contributed by atoms with Crippen LogP contribution in [0.1, 0.15) is 5.56 Å². The number of rotatable bonds is 2. The van der Waals surface area contributed by atoms with Crippen LogP contribution in [0.5, 0.6) is 5.75 Å². The maximum atomic E-state index is 13.8. The molecule has 2 N–H and O–H groups in total. The van der Waals surface area contributed by atoms with Gasteiger partial charge in [-0.3, -0.25) is 9.67 Å².